The van der Waals surface area contributed by atoms with Crippen LogP contribution in [0.25, 0.3) is 11.4 Å². The van der Waals surface area contributed by atoms with Gasteiger partial charge in [-0.15, -0.1) is 5.10 Å². The van der Waals surface area contributed by atoms with Gasteiger partial charge in [-0.1, -0.05) is 5.21 Å². The number of rotatable bonds is 8. The molecule has 1 unspecified atom stereocenters. The van der Waals surface area contributed by atoms with Crippen molar-refractivity contribution in [1.82, 2.24) is 20.0 Å². The predicted octanol–water partition coefficient (Wildman–Crippen LogP) is 3.09. The molecule has 9 nitrogen and oxygen atoms in total. The normalized spacial score (nSPS) is 21.7. The molecule has 4 rings (SSSR count). The SMILES string of the molecule is Cc1nc(-c2nnn(C)c2CC(=O)OC(C)C2CC2)ccc1O[C@H]1CCC[C@H](C(=O)O)C1. The van der Waals surface area contributed by atoms with Crippen molar-refractivity contribution in [1.29, 1.82) is 0 Å². The van der Waals surface area contributed by atoms with E-state index in [9.17, 15) is 14.7 Å². The first kappa shape index (κ1) is 22.2. The van der Waals surface area contributed by atoms with Crippen LogP contribution in [0, 0.1) is 18.8 Å². The summed E-state index contributed by atoms with van der Waals surface area (Å²) in [4.78, 5) is 28.4. The number of aliphatic carboxylic acids is 1. The van der Waals surface area contributed by atoms with Crippen LogP contribution >= 0.6 is 0 Å². The number of carbonyl (C=O) groups is 2. The van der Waals surface area contributed by atoms with Crippen LogP contribution in [0.15, 0.2) is 12.1 Å². The molecule has 0 bridgehead atoms. The molecule has 3 atom stereocenters. The van der Waals surface area contributed by atoms with Gasteiger partial charge in [0.2, 0.25) is 0 Å². The molecular formula is C23H30N4O5. The first-order chi connectivity index (χ1) is 15.3. The van der Waals surface area contributed by atoms with Crippen LogP contribution in [0.2, 0.25) is 0 Å². The number of nitrogens with zero attached hydrogens (tertiary/aromatic N) is 4. The van der Waals surface area contributed by atoms with Crippen molar-refractivity contribution >= 4 is 11.9 Å². The highest BCUT2D eigenvalue weighted by Gasteiger charge is 2.31. The lowest BCUT2D eigenvalue weighted by Gasteiger charge is -2.27. The monoisotopic (exact) mass is 442 g/mol. The number of carboxylic acids is 1. The minimum Gasteiger partial charge on any atom is -0.489 e. The molecule has 2 aromatic heterocycles. The number of pyridine rings is 1. The van der Waals surface area contributed by atoms with Crippen molar-refractivity contribution in [3.63, 3.8) is 0 Å². The van der Waals surface area contributed by atoms with E-state index in [1.54, 1.807) is 17.8 Å². The second-order valence-electron chi connectivity index (χ2n) is 8.94. The Kier molecular flexibility index (Phi) is 6.43. The number of esters is 1. The molecular weight excluding hydrogens is 412 g/mol. The Balaban J connectivity index is 1.46. The van der Waals surface area contributed by atoms with Crippen LogP contribution in [0.1, 0.15) is 56.8 Å². The molecule has 2 aromatic rings. The molecule has 9 heteroatoms. The Morgan fingerprint density at radius 3 is 2.72 bits per heavy atom. The standard InChI is InChI=1S/C23H30N4O5/c1-13-20(32-17-6-4-5-16(11-17)23(29)30)10-9-18(24-13)22-19(27(3)26-25-22)12-21(28)31-14(2)15-7-8-15/h9-10,14-17H,4-8,11-12H2,1-3H3,(H,29,30)/t14?,16-,17-/m0/s1. The fraction of sp³-hybridized carbons (Fsp3) is 0.609. The zero-order valence-corrected chi connectivity index (χ0v) is 18.8. The highest BCUT2D eigenvalue weighted by molar-refractivity contribution is 5.75. The maximum atomic E-state index is 12.4. The maximum Gasteiger partial charge on any atom is 0.312 e. The molecule has 0 amide bonds. The molecule has 172 valence electrons. The summed E-state index contributed by atoms with van der Waals surface area (Å²) >= 11 is 0. The van der Waals surface area contributed by atoms with Crippen molar-refractivity contribution in [3.05, 3.63) is 23.5 Å². The van der Waals surface area contributed by atoms with E-state index in [4.69, 9.17) is 9.47 Å². The Morgan fingerprint density at radius 1 is 1.25 bits per heavy atom. The second-order valence-corrected chi connectivity index (χ2v) is 8.94. The lowest BCUT2D eigenvalue weighted by Crippen LogP contribution is -2.29. The fourth-order valence-corrected chi connectivity index (χ4v) is 4.28. The summed E-state index contributed by atoms with van der Waals surface area (Å²) in [5, 5.41) is 17.6. The molecule has 0 aromatic carbocycles. The van der Waals surface area contributed by atoms with Crippen molar-refractivity contribution < 1.29 is 24.2 Å². The highest BCUT2D eigenvalue weighted by Crippen LogP contribution is 2.34. The highest BCUT2D eigenvalue weighted by atomic mass is 16.5. The molecule has 2 aliphatic carbocycles. The summed E-state index contributed by atoms with van der Waals surface area (Å²) in [6.07, 6.45) is 4.98. The molecule has 0 spiro atoms. The van der Waals surface area contributed by atoms with Crippen LogP contribution in [0.4, 0.5) is 0 Å². The third-order valence-corrected chi connectivity index (χ3v) is 6.41. The number of aryl methyl sites for hydroxylation is 2. The van der Waals surface area contributed by atoms with Gasteiger partial charge in [0, 0.05) is 7.05 Å². The molecule has 32 heavy (non-hydrogen) atoms. The summed E-state index contributed by atoms with van der Waals surface area (Å²) in [6.45, 7) is 3.78. The zero-order chi connectivity index (χ0) is 22.8. The van der Waals surface area contributed by atoms with Crippen LogP contribution in [-0.4, -0.2) is 49.2 Å². The third kappa shape index (κ3) is 5.08. The van der Waals surface area contributed by atoms with Gasteiger partial charge in [0.25, 0.3) is 0 Å². The first-order valence-corrected chi connectivity index (χ1v) is 11.3. The van der Waals surface area contributed by atoms with Gasteiger partial charge < -0.3 is 14.6 Å². The number of aromatic nitrogens is 4. The van der Waals surface area contributed by atoms with E-state index < -0.39 is 5.97 Å². The number of hydrogen-bond donors (Lipinski definition) is 1. The van der Waals surface area contributed by atoms with Crippen LogP contribution in [-0.2, 0) is 27.8 Å². The molecule has 2 aliphatic rings. The maximum absolute atomic E-state index is 12.4. The van der Waals surface area contributed by atoms with Gasteiger partial charge in [-0.05, 0) is 70.4 Å². The average molecular weight is 443 g/mol. The fourth-order valence-electron chi connectivity index (χ4n) is 4.28. The summed E-state index contributed by atoms with van der Waals surface area (Å²) in [6, 6.07) is 3.62. The number of ether oxygens (including phenoxy) is 2. The number of carboxylic acid groups (broad SMARTS) is 1. The first-order valence-electron chi connectivity index (χ1n) is 11.3. The van der Waals surface area contributed by atoms with E-state index >= 15 is 0 Å². The second kappa shape index (κ2) is 9.26. The van der Waals surface area contributed by atoms with Gasteiger partial charge in [-0.2, -0.15) is 0 Å². The van der Waals surface area contributed by atoms with E-state index in [2.05, 4.69) is 15.3 Å². The summed E-state index contributed by atoms with van der Waals surface area (Å²) < 4.78 is 13.2. The van der Waals surface area contributed by atoms with E-state index in [1.165, 1.54) is 0 Å². The topological polar surface area (TPSA) is 116 Å². The lowest BCUT2D eigenvalue weighted by molar-refractivity contribution is -0.148. The van der Waals surface area contributed by atoms with Crippen LogP contribution in [0.5, 0.6) is 5.75 Å². The molecule has 1 N–H and O–H groups in total. The van der Waals surface area contributed by atoms with Gasteiger partial charge in [0.05, 0.1) is 35.5 Å². The number of carbonyl (C=O) groups excluding carboxylic acids is 1. The van der Waals surface area contributed by atoms with Gasteiger partial charge in [-0.25, -0.2) is 4.98 Å². The van der Waals surface area contributed by atoms with Gasteiger partial charge >= 0.3 is 11.9 Å². The molecule has 0 aliphatic heterocycles. The van der Waals surface area contributed by atoms with E-state index in [0.29, 0.717) is 47.3 Å². The largest absolute Gasteiger partial charge is 0.489 e. The van der Waals surface area contributed by atoms with E-state index in [1.807, 2.05) is 19.9 Å². The molecule has 0 saturated heterocycles. The molecule has 2 heterocycles. The molecule has 2 saturated carbocycles. The smallest absolute Gasteiger partial charge is 0.312 e. The minimum absolute atomic E-state index is 0.0653. The van der Waals surface area contributed by atoms with Crippen molar-refractivity contribution in [2.24, 2.45) is 18.9 Å². The summed E-state index contributed by atoms with van der Waals surface area (Å²) in [7, 11) is 1.75. The van der Waals surface area contributed by atoms with Gasteiger partial charge in [0.1, 0.15) is 17.5 Å². The van der Waals surface area contributed by atoms with Crippen LogP contribution in [0.3, 0.4) is 0 Å². The Morgan fingerprint density at radius 2 is 2.03 bits per heavy atom. The van der Waals surface area contributed by atoms with Crippen molar-refractivity contribution in [2.45, 2.75) is 71.0 Å². The Bertz CT molecular complexity index is 1000. The van der Waals surface area contributed by atoms with Crippen LogP contribution < -0.4 is 4.74 Å². The van der Waals surface area contributed by atoms with Gasteiger partial charge in [0.15, 0.2) is 0 Å². The number of hydrogen-bond acceptors (Lipinski definition) is 7. The zero-order valence-electron chi connectivity index (χ0n) is 18.8. The van der Waals surface area contributed by atoms with Crippen molar-refractivity contribution in [3.8, 4) is 17.1 Å². The summed E-state index contributed by atoms with van der Waals surface area (Å²) in [5.74, 6) is -0.296. The third-order valence-electron chi connectivity index (χ3n) is 6.41. The van der Waals surface area contributed by atoms with Crippen molar-refractivity contribution in [2.75, 3.05) is 0 Å². The lowest BCUT2D eigenvalue weighted by atomic mass is 9.87. The molecule has 2 fully saturated rings. The summed E-state index contributed by atoms with van der Waals surface area (Å²) in [5.41, 5.74) is 2.48. The van der Waals surface area contributed by atoms with E-state index in [-0.39, 0.29) is 30.5 Å². The minimum atomic E-state index is -0.760. The van der Waals surface area contributed by atoms with Gasteiger partial charge in [-0.3, -0.25) is 14.3 Å². The quantitative estimate of drug-likeness (QED) is 0.620. The Hall–Kier alpha value is -2.97. The van der Waals surface area contributed by atoms with E-state index in [0.717, 1.165) is 25.7 Å². The average Bonchev–Trinajstić information content (AvgIpc) is 3.55. The Labute approximate surface area is 187 Å². The predicted molar refractivity (Wildman–Crippen MR) is 115 cm³/mol. The molecule has 0 radical (unpaired) electrons.